The van der Waals surface area contributed by atoms with E-state index >= 15 is 0 Å². The van der Waals surface area contributed by atoms with Crippen molar-refractivity contribution in [3.8, 4) is 17.6 Å². The number of hydrogen-bond acceptors (Lipinski definition) is 10. The molecule has 0 heterocycles. The fourth-order valence-corrected chi connectivity index (χ4v) is 5.57. The average molecular weight is 771 g/mol. The number of ketones is 1. The SMILES string of the molecule is CC#CCOc1ccc(C[C@H](NC(=O)[C@@H](/C=C/CCCCCCC(=O)CCCCCCC)[C@@](O)(CCO)C(=O)OC(C)(C)C)C(=O)OCC(=O)N(C)C)cc1. The summed E-state index contributed by atoms with van der Waals surface area (Å²) in [5.41, 5.74) is -2.89. The fourth-order valence-electron chi connectivity index (χ4n) is 5.57. The molecule has 3 atom stereocenters. The molecule has 1 aromatic rings. The molecule has 0 bridgehead atoms. The van der Waals surface area contributed by atoms with Crippen molar-refractivity contribution in [2.45, 2.75) is 142 Å². The first-order valence-corrected chi connectivity index (χ1v) is 19.6. The van der Waals surface area contributed by atoms with Crippen LogP contribution in [0.4, 0.5) is 0 Å². The van der Waals surface area contributed by atoms with Crippen LogP contribution < -0.4 is 10.1 Å². The van der Waals surface area contributed by atoms with E-state index in [0.29, 0.717) is 36.4 Å². The van der Waals surface area contributed by atoms with Crippen molar-refractivity contribution in [2.24, 2.45) is 5.92 Å². The lowest BCUT2D eigenvalue weighted by atomic mass is 9.82. The van der Waals surface area contributed by atoms with Gasteiger partial charge in [-0.1, -0.05) is 75.7 Å². The van der Waals surface area contributed by atoms with E-state index in [1.54, 1.807) is 58.0 Å². The highest BCUT2D eigenvalue weighted by Crippen LogP contribution is 2.29. The Morgan fingerprint density at radius 3 is 2.11 bits per heavy atom. The van der Waals surface area contributed by atoms with Crippen LogP contribution in [0.1, 0.15) is 124 Å². The van der Waals surface area contributed by atoms with Gasteiger partial charge in [-0.2, -0.15) is 0 Å². The van der Waals surface area contributed by atoms with Gasteiger partial charge in [0, 0.05) is 46.4 Å². The Hall–Kier alpha value is -4.21. The summed E-state index contributed by atoms with van der Waals surface area (Å²) in [5.74, 6) is 1.47. The Labute approximate surface area is 328 Å². The number of benzene rings is 1. The maximum Gasteiger partial charge on any atom is 0.339 e. The number of carbonyl (C=O) groups excluding carboxylic acids is 5. The first-order chi connectivity index (χ1) is 26.1. The highest BCUT2D eigenvalue weighted by molar-refractivity contribution is 5.94. The predicted octanol–water partition coefficient (Wildman–Crippen LogP) is 5.65. The molecule has 0 spiro atoms. The summed E-state index contributed by atoms with van der Waals surface area (Å²) in [6.07, 6.45) is 13.0. The predicted molar refractivity (Wildman–Crippen MR) is 212 cm³/mol. The van der Waals surface area contributed by atoms with E-state index in [-0.39, 0.29) is 13.0 Å². The van der Waals surface area contributed by atoms with Gasteiger partial charge in [0.1, 0.15) is 29.8 Å². The molecule has 0 aliphatic heterocycles. The number of likely N-dealkylation sites (N-methyl/N-ethyl adjacent to an activating group) is 1. The average Bonchev–Trinajstić information content (AvgIpc) is 3.12. The lowest BCUT2D eigenvalue weighted by Crippen LogP contribution is -2.56. The zero-order valence-electron chi connectivity index (χ0n) is 34.2. The third-order valence-corrected chi connectivity index (χ3v) is 8.80. The smallest absolute Gasteiger partial charge is 0.339 e. The second-order valence-electron chi connectivity index (χ2n) is 15.0. The van der Waals surface area contributed by atoms with Crippen LogP contribution in [0.2, 0.25) is 0 Å². The summed E-state index contributed by atoms with van der Waals surface area (Å²) in [6.45, 7) is 7.71. The third-order valence-electron chi connectivity index (χ3n) is 8.80. The molecule has 0 fully saturated rings. The number of rotatable bonds is 27. The van der Waals surface area contributed by atoms with Crippen molar-refractivity contribution in [3.63, 3.8) is 0 Å². The molecule has 0 aromatic heterocycles. The van der Waals surface area contributed by atoms with E-state index in [2.05, 4.69) is 24.1 Å². The van der Waals surface area contributed by atoms with E-state index < -0.39 is 66.5 Å². The van der Waals surface area contributed by atoms with Crippen molar-refractivity contribution >= 4 is 29.5 Å². The summed E-state index contributed by atoms with van der Waals surface area (Å²) in [4.78, 5) is 66.7. The summed E-state index contributed by atoms with van der Waals surface area (Å²) in [6, 6.07) is 5.46. The Bertz CT molecular complexity index is 1420. The molecule has 0 unspecified atom stereocenters. The quantitative estimate of drug-likeness (QED) is 0.0441. The zero-order valence-corrected chi connectivity index (χ0v) is 34.2. The Balaban J connectivity index is 3.21. The maximum absolute atomic E-state index is 14.1. The van der Waals surface area contributed by atoms with Gasteiger partial charge in [0.25, 0.3) is 5.91 Å². The maximum atomic E-state index is 14.1. The van der Waals surface area contributed by atoms with E-state index in [4.69, 9.17) is 14.2 Å². The molecule has 1 rings (SSSR count). The second-order valence-corrected chi connectivity index (χ2v) is 15.0. The number of allylic oxidation sites excluding steroid dienone is 1. The van der Waals surface area contributed by atoms with Crippen molar-refractivity contribution in [3.05, 3.63) is 42.0 Å². The minimum absolute atomic E-state index is 0.0571. The van der Waals surface area contributed by atoms with Gasteiger partial charge >= 0.3 is 11.9 Å². The van der Waals surface area contributed by atoms with E-state index in [1.165, 1.54) is 44.3 Å². The topological polar surface area (TPSA) is 169 Å². The number of amides is 2. The van der Waals surface area contributed by atoms with Crippen molar-refractivity contribution in [1.82, 2.24) is 10.2 Å². The summed E-state index contributed by atoms with van der Waals surface area (Å²) in [7, 11) is 3.03. The summed E-state index contributed by atoms with van der Waals surface area (Å²) < 4.78 is 16.4. The third kappa shape index (κ3) is 20.3. The molecule has 308 valence electrons. The number of nitrogens with zero attached hydrogens (tertiary/aromatic N) is 1. The number of ether oxygens (including phenoxy) is 3. The number of nitrogens with one attached hydrogen (secondary N) is 1. The summed E-state index contributed by atoms with van der Waals surface area (Å²) in [5, 5.41) is 24.4. The molecular weight excluding hydrogens is 704 g/mol. The van der Waals surface area contributed by atoms with Gasteiger partial charge in [0.05, 0.1) is 5.92 Å². The monoisotopic (exact) mass is 770 g/mol. The highest BCUT2D eigenvalue weighted by atomic mass is 16.6. The Kier molecular flexibility index (Phi) is 23.6. The number of carbonyl (C=O) groups is 5. The largest absolute Gasteiger partial charge is 0.481 e. The van der Waals surface area contributed by atoms with E-state index in [1.807, 2.05) is 0 Å². The Morgan fingerprint density at radius 2 is 1.55 bits per heavy atom. The van der Waals surface area contributed by atoms with Crippen LogP contribution in [0.3, 0.4) is 0 Å². The molecule has 0 saturated heterocycles. The number of aliphatic hydroxyl groups is 2. The minimum Gasteiger partial charge on any atom is -0.481 e. The van der Waals surface area contributed by atoms with Crippen LogP contribution in [0.25, 0.3) is 0 Å². The van der Waals surface area contributed by atoms with Crippen molar-refractivity contribution in [1.29, 1.82) is 0 Å². The van der Waals surface area contributed by atoms with Gasteiger partial charge in [0.2, 0.25) is 5.91 Å². The molecular formula is C43H66N2O10. The van der Waals surface area contributed by atoms with Crippen LogP contribution >= 0.6 is 0 Å². The molecule has 0 aliphatic carbocycles. The van der Waals surface area contributed by atoms with Crippen LogP contribution in [-0.2, 0) is 39.9 Å². The first-order valence-electron chi connectivity index (χ1n) is 19.6. The number of esters is 2. The standard InChI is InChI=1S/C43H66N2O10/c1-8-10-12-15-18-21-34(47)22-19-16-13-14-17-20-23-36(43(52,28-29-46)41(51)55-42(3,4)5)39(49)44-37(40(50)54-32-38(48)45(6)7)31-33-24-26-35(27-25-33)53-30-11-9-2/h20,23-27,36-37,46,52H,8,10,12-19,21-22,28-32H2,1-7H3,(H,44,49)/b23-20+/t36-,37+,43+/m1/s1. The van der Waals surface area contributed by atoms with Gasteiger partial charge in [-0.05, 0) is 71.1 Å². The molecule has 2 amide bonds. The number of aliphatic hydroxyl groups excluding tert-OH is 1. The molecule has 1 aromatic carbocycles. The number of Topliss-reactive ketones (excluding diaryl/α,β-unsaturated/α-hetero) is 1. The zero-order chi connectivity index (χ0) is 41.3. The molecule has 0 radical (unpaired) electrons. The van der Waals surface area contributed by atoms with Gasteiger partial charge in [-0.25, -0.2) is 9.59 Å². The van der Waals surface area contributed by atoms with Crippen molar-refractivity contribution < 1.29 is 48.4 Å². The number of hydrogen-bond donors (Lipinski definition) is 3. The molecule has 12 heteroatoms. The molecule has 55 heavy (non-hydrogen) atoms. The van der Waals surface area contributed by atoms with Gasteiger partial charge < -0.3 is 34.6 Å². The van der Waals surface area contributed by atoms with E-state index in [9.17, 15) is 34.2 Å². The van der Waals surface area contributed by atoms with Crippen LogP contribution in [-0.4, -0.2) is 95.8 Å². The molecule has 0 aliphatic rings. The summed E-state index contributed by atoms with van der Waals surface area (Å²) >= 11 is 0. The highest BCUT2D eigenvalue weighted by Gasteiger charge is 2.49. The molecule has 0 saturated carbocycles. The van der Waals surface area contributed by atoms with Crippen LogP contribution in [0.15, 0.2) is 36.4 Å². The van der Waals surface area contributed by atoms with Gasteiger partial charge in [-0.15, -0.1) is 5.92 Å². The first kappa shape index (κ1) is 48.8. The minimum atomic E-state index is -2.49. The van der Waals surface area contributed by atoms with Gasteiger partial charge in [-0.3, -0.25) is 14.4 Å². The fraction of sp³-hybridized carbons (Fsp3) is 0.651. The van der Waals surface area contributed by atoms with E-state index in [0.717, 1.165) is 38.5 Å². The Morgan fingerprint density at radius 1 is 0.927 bits per heavy atom. The van der Waals surface area contributed by atoms with Crippen LogP contribution in [0, 0.1) is 17.8 Å². The molecule has 3 N–H and O–H groups in total. The van der Waals surface area contributed by atoms with Crippen LogP contribution in [0.5, 0.6) is 5.75 Å². The second kappa shape index (κ2) is 26.6. The normalized spacial score (nSPS) is 13.5. The van der Waals surface area contributed by atoms with Gasteiger partial charge in [0.15, 0.2) is 12.2 Å². The molecule has 12 nitrogen and oxygen atoms in total. The number of unbranched alkanes of at least 4 members (excludes halogenated alkanes) is 8. The van der Waals surface area contributed by atoms with Crippen molar-refractivity contribution in [2.75, 3.05) is 33.9 Å². The lowest BCUT2D eigenvalue weighted by molar-refractivity contribution is -0.185. The lowest BCUT2D eigenvalue weighted by Gasteiger charge is -2.34.